The number of hydrogen-bond donors (Lipinski definition) is 0. The van der Waals surface area contributed by atoms with Crippen molar-refractivity contribution in [3.63, 3.8) is 0 Å². The van der Waals surface area contributed by atoms with Gasteiger partial charge in [-0.3, -0.25) is 0 Å². The van der Waals surface area contributed by atoms with Crippen molar-refractivity contribution in [3.05, 3.63) is 48.4 Å². The summed E-state index contributed by atoms with van der Waals surface area (Å²) in [5.41, 5.74) is 2.47. The van der Waals surface area contributed by atoms with Gasteiger partial charge >= 0.3 is 0 Å². The van der Waals surface area contributed by atoms with E-state index in [1.165, 1.54) is 12.1 Å². The van der Waals surface area contributed by atoms with Crippen LogP contribution in [0.3, 0.4) is 0 Å². The lowest BCUT2D eigenvalue weighted by molar-refractivity contribution is 0.416. The molecule has 23 heavy (non-hydrogen) atoms. The van der Waals surface area contributed by atoms with Gasteiger partial charge in [0.1, 0.15) is 11.6 Å². The van der Waals surface area contributed by atoms with Crippen molar-refractivity contribution in [1.82, 2.24) is 19.5 Å². The smallest absolute Gasteiger partial charge is 0.157 e. The van der Waals surface area contributed by atoms with E-state index in [2.05, 4.69) is 19.9 Å². The Morgan fingerprint density at radius 1 is 1.04 bits per heavy atom. The number of benzene rings is 1. The first-order chi connectivity index (χ1) is 11.0. The van der Waals surface area contributed by atoms with Crippen LogP contribution in [0.25, 0.3) is 16.9 Å². The van der Waals surface area contributed by atoms with E-state index in [1.54, 1.807) is 18.3 Å². The Morgan fingerprint density at radius 2 is 1.78 bits per heavy atom. The maximum Gasteiger partial charge on any atom is 0.157 e. The fourth-order valence-electron chi connectivity index (χ4n) is 2.40. The first-order valence-electron chi connectivity index (χ1n) is 7.51. The van der Waals surface area contributed by atoms with Crippen molar-refractivity contribution in [2.75, 3.05) is 39.1 Å². The van der Waals surface area contributed by atoms with E-state index in [0.717, 1.165) is 35.8 Å². The van der Waals surface area contributed by atoms with Crippen LogP contribution < -0.4 is 4.90 Å². The van der Waals surface area contributed by atoms with Crippen LogP contribution in [-0.4, -0.2) is 53.7 Å². The Kier molecular flexibility index (Phi) is 4.25. The van der Waals surface area contributed by atoms with Gasteiger partial charge < -0.3 is 9.80 Å². The average Bonchev–Trinajstić information content (AvgIpc) is 3.00. The highest BCUT2D eigenvalue weighted by atomic mass is 19.1. The molecule has 0 aliphatic rings. The molecular weight excluding hydrogens is 293 g/mol. The standard InChI is InChI=1S/C17H20FN5/c1-21(2)10-11-22(3)17-12-15(13-4-6-14(18)7-5-13)20-16-8-9-19-23(16)17/h4-9,12H,10-11H2,1-3H3. The van der Waals surface area contributed by atoms with Gasteiger partial charge in [-0.2, -0.15) is 9.61 Å². The first-order valence-corrected chi connectivity index (χ1v) is 7.51. The van der Waals surface area contributed by atoms with Crippen molar-refractivity contribution >= 4 is 11.5 Å². The van der Waals surface area contributed by atoms with Gasteiger partial charge in [0.2, 0.25) is 0 Å². The SMILES string of the molecule is CN(C)CCN(C)c1cc(-c2ccc(F)cc2)nc2ccnn12. The summed E-state index contributed by atoms with van der Waals surface area (Å²) in [7, 11) is 6.13. The number of hydrogen-bond acceptors (Lipinski definition) is 4. The zero-order valence-electron chi connectivity index (χ0n) is 13.6. The third-order valence-electron chi connectivity index (χ3n) is 3.75. The zero-order valence-corrected chi connectivity index (χ0v) is 13.6. The predicted octanol–water partition coefficient (Wildman–Crippen LogP) is 2.53. The maximum absolute atomic E-state index is 13.1. The van der Waals surface area contributed by atoms with Crippen molar-refractivity contribution in [2.24, 2.45) is 0 Å². The maximum atomic E-state index is 13.1. The van der Waals surface area contributed by atoms with Gasteiger partial charge in [-0.1, -0.05) is 0 Å². The van der Waals surface area contributed by atoms with Crippen LogP contribution in [-0.2, 0) is 0 Å². The van der Waals surface area contributed by atoms with E-state index in [-0.39, 0.29) is 5.82 Å². The lowest BCUT2D eigenvalue weighted by Crippen LogP contribution is -2.29. The molecule has 0 aliphatic heterocycles. The second-order valence-electron chi connectivity index (χ2n) is 5.83. The van der Waals surface area contributed by atoms with Crippen molar-refractivity contribution in [1.29, 1.82) is 0 Å². The molecule has 0 N–H and O–H groups in total. The van der Waals surface area contributed by atoms with Crippen LogP contribution in [0.2, 0.25) is 0 Å². The molecule has 1 aromatic carbocycles. The molecule has 2 aromatic heterocycles. The van der Waals surface area contributed by atoms with Crippen LogP contribution in [0, 0.1) is 5.82 Å². The summed E-state index contributed by atoms with van der Waals surface area (Å²) in [4.78, 5) is 8.90. The number of fused-ring (bicyclic) bond motifs is 1. The molecule has 2 heterocycles. The number of likely N-dealkylation sites (N-methyl/N-ethyl adjacent to an activating group) is 2. The summed E-state index contributed by atoms with van der Waals surface area (Å²) in [5.74, 6) is 0.712. The number of nitrogens with zero attached hydrogens (tertiary/aromatic N) is 5. The van der Waals surface area contributed by atoms with Gasteiger partial charge in [0, 0.05) is 37.8 Å². The Bertz CT molecular complexity index is 794. The molecule has 0 saturated carbocycles. The van der Waals surface area contributed by atoms with Gasteiger partial charge in [-0.25, -0.2) is 9.37 Å². The van der Waals surface area contributed by atoms with E-state index in [0.29, 0.717) is 0 Å². The third-order valence-corrected chi connectivity index (χ3v) is 3.75. The molecule has 0 saturated heterocycles. The molecule has 0 unspecified atom stereocenters. The lowest BCUT2D eigenvalue weighted by Gasteiger charge is -2.22. The van der Waals surface area contributed by atoms with Crippen LogP contribution in [0.15, 0.2) is 42.6 Å². The topological polar surface area (TPSA) is 36.7 Å². The normalized spacial score (nSPS) is 11.3. The summed E-state index contributed by atoms with van der Waals surface area (Å²) < 4.78 is 15.0. The quantitative estimate of drug-likeness (QED) is 0.725. The van der Waals surface area contributed by atoms with Gasteiger partial charge in [-0.15, -0.1) is 0 Å². The van der Waals surface area contributed by atoms with E-state index in [4.69, 9.17) is 0 Å². The minimum atomic E-state index is -0.248. The molecule has 5 nitrogen and oxygen atoms in total. The highest BCUT2D eigenvalue weighted by Gasteiger charge is 2.12. The molecule has 0 bridgehead atoms. The van der Waals surface area contributed by atoms with Gasteiger partial charge in [0.25, 0.3) is 0 Å². The highest BCUT2D eigenvalue weighted by molar-refractivity contribution is 5.66. The van der Waals surface area contributed by atoms with Crippen LogP contribution in [0.5, 0.6) is 0 Å². The van der Waals surface area contributed by atoms with Gasteiger partial charge in [0.15, 0.2) is 5.65 Å². The molecule has 3 aromatic rings. The van der Waals surface area contributed by atoms with E-state index in [9.17, 15) is 4.39 Å². The molecule has 0 aliphatic carbocycles. The molecule has 0 atom stereocenters. The lowest BCUT2D eigenvalue weighted by atomic mass is 10.1. The Morgan fingerprint density at radius 3 is 2.48 bits per heavy atom. The zero-order chi connectivity index (χ0) is 16.4. The molecule has 0 amide bonds. The molecule has 6 heteroatoms. The third kappa shape index (κ3) is 3.32. The fourth-order valence-corrected chi connectivity index (χ4v) is 2.40. The van der Waals surface area contributed by atoms with E-state index < -0.39 is 0 Å². The molecular formula is C17H20FN5. The Hall–Kier alpha value is -2.47. The second-order valence-corrected chi connectivity index (χ2v) is 5.83. The summed E-state index contributed by atoms with van der Waals surface area (Å²) in [5, 5.41) is 4.35. The van der Waals surface area contributed by atoms with Crippen LogP contribution in [0.1, 0.15) is 0 Å². The molecule has 0 spiro atoms. The minimum Gasteiger partial charge on any atom is -0.358 e. The molecule has 3 rings (SSSR count). The van der Waals surface area contributed by atoms with E-state index >= 15 is 0 Å². The summed E-state index contributed by atoms with van der Waals surface area (Å²) >= 11 is 0. The van der Waals surface area contributed by atoms with Gasteiger partial charge in [-0.05, 0) is 38.4 Å². The Labute approximate surface area is 135 Å². The van der Waals surface area contributed by atoms with Crippen molar-refractivity contribution < 1.29 is 4.39 Å². The van der Waals surface area contributed by atoms with E-state index in [1.807, 2.05) is 37.8 Å². The van der Waals surface area contributed by atoms with Crippen LogP contribution in [0.4, 0.5) is 10.2 Å². The minimum absolute atomic E-state index is 0.248. The average molecular weight is 313 g/mol. The fraction of sp³-hybridized carbons (Fsp3) is 0.294. The molecule has 120 valence electrons. The number of halogens is 1. The van der Waals surface area contributed by atoms with Crippen molar-refractivity contribution in [3.8, 4) is 11.3 Å². The monoisotopic (exact) mass is 313 g/mol. The first kappa shape index (κ1) is 15.4. The highest BCUT2D eigenvalue weighted by Crippen LogP contribution is 2.24. The molecule has 0 fully saturated rings. The summed E-state index contributed by atoms with van der Waals surface area (Å²) in [6, 6.07) is 10.3. The number of rotatable bonds is 5. The second kappa shape index (κ2) is 6.34. The summed E-state index contributed by atoms with van der Waals surface area (Å²) in [6.07, 6.45) is 1.74. The van der Waals surface area contributed by atoms with Crippen LogP contribution >= 0.6 is 0 Å². The summed E-state index contributed by atoms with van der Waals surface area (Å²) in [6.45, 7) is 1.81. The van der Waals surface area contributed by atoms with Crippen molar-refractivity contribution in [2.45, 2.75) is 0 Å². The Balaban J connectivity index is 2.02. The predicted molar refractivity (Wildman–Crippen MR) is 90.2 cm³/mol. The molecule has 0 radical (unpaired) electrons. The number of anilines is 1. The largest absolute Gasteiger partial charge is 0.358 e. The van der Waals surface area contributed by atoms with Gasteiger partial charge in [0.05, 0.1) is 11.9 Å². The number of aromatic nitrogens is 3.